The fourth-order valence-corrected chi connectivity index (χ4v) is 3.34. The van der Waals surface area contributed by atoms with Crippen LogP contribution in [0.1, 0.15) is 53.6 Å². The summed E-state index contributed by atoms with van der Waals surface area (Å²) in [5, 5.41) is 12.6. The molecular formula is C19H19N7O2. The number of methoxy groups -OCH3 is 1. The van der Waals surface area contributed by atoms with Gasteiger partial charge in [-0.1, -0.05) is 6.07 Å². The molecule has 1 aromatic carbocycles. The first kappa shape index (κ1) is 17.7. The van der Waals surface area contributed by atoms with Gasteiger partial charge >= 0.3 is 5.97 Å². The summed E-state index contributed by atoms with van der Waals surface area (Å²) in [5.74, 6) is 0.839. The number of nitrogens with one attached hydrogen (secondary N) is 1. The number of carbonyl (C=O) groups excluding carboxylic acids is 1. The van der Waals surface area contributed by atoms with Crippen LogP contribution in [-0.2, 0) is 4.74 Å². The lowest BCUT2D eigenvalue weighted by Gasteiger charge is -2.17. The minimum Gasteiger partial charge on any atom is -0.465 e. The van der Waals surface area contributed by atoms with Crippen LogP contribution in [0.3, 0.4) is 0 Å². The monoisotopic (exact) mass is 377 g/mol. The predicted molar refractivity (Wildman–Crippen MR) is 103 cm³/mol. The van der Waals surface area contributed by atoms with Crippen LogP contribution < -0.4 is 11.1 Å². The SMILES string of the molecule is COC(=O)c1cccc2nc(C(C)Nc3ncnc(N)c3C#N)n(C3CC3)c12. The number of hydrogen-bond donors (Lipinski definition) is 2. The second-order valence-electron chi connectivity index (χ2n) is 6.70. The number of aromatic nitrogens is 4. The average molecular weight is 377 g/mol. The van der Waals surface area contributed by atoms with Crippen molar-refractivity contribution in [3.8, 4) is 6.07 Å². The molecule has 1 unspecified atom stereocenters. The third kappa shape index (κ3) is 2.89. The van der Waals surface area contributed by atoms with Crippen LogP contribution >= 0.6 is 0 Å². The fourth-order valence-electron chi connectivity index (χ4n) is 3.34. The van der Waals surface area contributed by atoms with Crippen LogP contribution in [0, 0.1) is 11.3 Å². The molecule has 142 valence electrons. The van der Waals surface area contributed by atoms with Gasteiger partial charge in [0.25, 0.3) is 0 Å². The molecule has 1 aliphatic rings. The number of fused-ring (bicyclic) bond motifs is 1. The number of rotatable bonds is 5. The van der Waals surface area contributed by atoms with Crippen molar-refractivity contribution >= 4 is 28.6 Å². The molecule has 28 heavy (non-hydrogen) atoms. The summed E-state index contributed by atoms with van der Waals surface area (Å²) in [6.45, 7) is 1.93. The lowest BCUT2D eigenvalue weighted by Crippen LogP contribution is -2.16. The molecule has 9 nitrogen and oxygen atoms in total. The molecule has 1 fully saturated rings. The summed E-state index contributed by atoms with van der Waals surface area (Å²) in [6, 6.07) is 7.44. The molecule has 0 radical (unpaired) electrons. The highest BCUT2D eigenvalue weighted by Gasteiger charge is 2.32. The van der Waals surface area contributed by atoms with Gasteiger partial charge < -0.3 is 20.4 Å². The zero-order valence-corrected chi connectivity index (χ0v) is 15.5. The lowest BCUT2D eigenvalue weighted by molar-refractivity contribution is 0.0602. The Morgan fingerprint density at radius 3 is 2.89 bits per heavy atom. The third-order valence-corrected chi connectivity index (χ3v) is 4.78. The summed E-state index contributed by atoms with van der Waals surface area (Å²) < 4.78 is 7.04. The molecule has 1 saturated carbocycles. The van der Waals surface area contributed by atoms with E-state index in [1.54, 1.807) is 12.1 Å². The van der Waals surface area contributed by atoms with Crippen molar-refractivity contribution in [3.63, 3.8) is 0 Å². The number of nitriles is 1. The Morgan fingerprint density at radius 1 is 1.43 bits per heavy atom. The van der Waals surface area contributed by atoms with E-state index in [0.29, 0.717) is 11.4 Å². The second kappa shape index (κ2) is 6.81. The molecule has 0 saturated heterocycles. The number of nitrogens with two attached hydrogens (primary N) is 1. The van der Waals surface area contributed by atoms with E-state index in [9.17, 15) is 10.1 Å². The average Bonchev–Trinajstić information content (AvgIpc) is 3.46. The fraction of sp³-hybridized carbons (Fsp3) is 0.316. The van der Waals surface area contributed by atoms with Gasteiger partial charge in [0.15, 0.2) is 0 Å². The largest absolute Gasteiger partial charge is 0.465 e. The Hall–Kier alpha value is -3.67. The first-order valence-corrected chi connectivity index (χ1v) is 8.91. The van der Waals surface area contributed by atoms with Crippen molar-refractivity contribution < 1.29 is 9.53 Å². The highest BCUT2D eigenvalue weighted by atomic mass is 16.5. The van der Waals surface area contributed by atoms with Crippen molar-refractivity contribution in [1.29, 1.82) is 5.26 Å². The molecule has 1 atom stereocenters. The summed E-state index contributed by atoms with van der Waals surface area (Å²) in [6.07, 6.45) is 3.35. The topological polar surface area (TPSA) is 132 Å². The standard InChI is InChI=1S/C19H19N7O2/c1-10(24-17-13(8-20)16(21)22-9-23-17)18-25-14-5-3-4-12(19(27)28-2)15(14)26(18)11-6-7-11/h3-5,9-11H,6-7H2,1-2H3,(H3,21,22,23,24). The molecule has 0 bridgehead atoms. The molecule has 9 heteroatoms. The van der Waals surface area contributed by atoms with Gasteiger partial charge in [-0.15, -0.1) is 0 Å². The molecule has 3 aromatic rings. The number of carbonyl (C=O) groups is 1. The molecule has 2 heterocycles. The summed E-state index contributed by atoms with van der Waals surface area (Å²) in [5.41, 5.74) is 7.95. The van der Waals surface area contributed by atoms with Gasteiger partial charge in [-0.05, 0) is 31.9 Å². The molecular weight excluding hydrogens is 358 g/mol. The Morgan fingerprint density at radius 2 is 2.21 bits per heavy atom. The molecule has 0 aliphatic heterocycles. The molecule has 2 aromatic heterocycles. The van der Waals surface area contributed by atoms with Gasteiger partial charge in [-0.3, -0.25) is 0 Å². The van der Waals surface area contributed by atoms with Crippen LogP contribution in [0.25, 0.3) is 11.0 Å². The number of benzene rings is 1. The van der Waals surface area contributed by atoms with Gasteiger partial charge in [0, 0.05) is 6.04 Å². The van der Waals surface area contributed by atoms with E-state index in [1.165, 1.54) is 13.4 Å². The molecule has 0 spiro atoms. The van der Waals surface area contributed by atoms with Crippen molar-refractivity contribution in [3.05, 3.63) is 41.5 Å². The predicted octanol–water partition coefficient (Wildman–Crippen LogP) is 2.57. The number of anilines is 2. The number of nitrogen functional groups attached to an aromatic ring is 1. The van der Waals surface area contributed by atoms with Crippen LogP contribution in [0.2, 0.25) is 0 Å². The first-order chi connectivity index (χ1) is 13.5. The lowest BCUT2D eigenvalue weighted by atomic mass is 10.2. The van der Waals surface area contributed by atoms with E-state index >= 15 is 0 Å². The summed E-state index contributed by atoms with van der Waals surface area (Å²) in [4.78, 5) is 25.0. The van der Waals surface area contributed by atoms with E-state index in [0.717, 1.165) is 29.7 Å². The molecule has 0 amide bonds. The number of nitrogens with zero attached hydrogens (tertiary/aromatic N) is 5. The quantitative estimate of drug-likeness (QED) is 0.648. The number of ether oxygens (including phenoxy) is 1. The van der Waals surface area contributed by atoms with Crippen molar-refractivity contribution in [2.24, 2.45) is 0 Å². The van der Waals surface area contributed by atoms with Crippen LogP contribution in [0.4, 0.5) is 11.6 Å². The van der Waals surface area contributed by atoms with E-state index in [1.807, 2.05) is 19.1 Å². The van der Waals surface area contributed by atoms with Gasteiger partial charge in [0.1, 0.15) is 35.4 Å². The van der Waals surface area contributed by atoms with Crippen LogP contribution in [-0.4, -0.2) is 32.6 Å². The Balaban J connectivity index is 1.81. The summed E-state index contributed by atoms with van der Waals surface area (Å²) in [7, 11) is 1.37. The molecule has 4 rings (SSSR count). The zero-order valence-electron chi connectivity index (χ0n) is 15.5. The van der Waals surface area contributed by atoms with E-state index in [4.69, 9.17) is 15.5 Å². The Labute approximate surface area is 161 Å². The van der Waals surface area contributed by atoms with Crippen LogP contribution in [0.15, 0.2) is 24.5 Å². The molecule has 3 N–H and O–H groups in total. The van der Waals surface area contributed by atoms with E-state index in [2.05, 4.69) is 19.9 Å². The Kier molecular flexibility index (Phi) is 4.31. The second-order valence-corrected chi connectivity index (χ2v) is 6.70. The smallest absolute Gasteiger partial charge is 0.340 e. The minimum absolute atomic E-state index is 0.121. The van der Waals surface area contributed by atoms with Gasteiger partial charge in [0.2, 0.25) is 0 Å². The van der Waals surface area contributed by atoms with Crippen molar-refractivity contribution in [2.45, 2.75) is 31.8 Å². The van der Waals surface area contributed by atoms with Gasteiger partial charge in [-0.25, -0.2) is 19.7 Å². The zero-order chi connectivity index (χ0) is 19.8. The van der Waals surface area contributed by atoms with E-state index < -0.39 is 5.97 Å². The highest BCUT2D eigenvalue weighted by molar-refractivity contribution is 6.02. The number of imidazole rings is 1. The first-order valence-electron chi connectivity index (χ1n) is 8.91. The number of esters is 1. The minimum atomic E-state index is -0.394. The van der Waals surface area contributed by atoms with Gasteiger partial charge in [-0.2, -0.15) is 5.26 Å². The van der Waals surface area contributed by atoms with Gasteiger partial charge in [0.05, 0.1) is 29.7 Å². The molecule has 1 aliphatic carbocycles. The van der Waals surface area contributed by atoms with Crippen LogP contribution in [0.5, 0.6) is 0 Å². The van der Waals surface area contributed by atoms with E-state index in [-0.39, 0.29) is 23.5 Å². The van der Waals surface area contributed by atoms with Crippen molar-refractivity contribution in [2.75, 3.05) is 18.2 Å². The maximum atomic E-state index is 12.3. The normalized spacial score (nSPS) is 14.5. The summed E-state index contributed by atoms with van der Waals surface area (Å²) >= 11 is 0. The highest BCUT2D eigenvalue weighted by Crippen LogP contribution is 2.41. The van der Waals surface area contributed by atoms with Crippen molar-refractivity contribution in [1.82, 2.24) is 19.5 Å². The Bertz CT molecular complexity index is 1110. The maximum absolute atomic E-state index is 12.3. The maximum Gasteiger partial charge on any atom is 0.340 e. The third-order valence-electron chi connectivity index (χ3n) is 4.78. The number of hydrogen-bond acceptors (Lipinski definition) is 8. The number of para-hydroxylation sites is 1.